The van der Waals surface area contributed by atoms with Crippen LogP contribution in [0.15, 0.2) is 35.7 Å². The number of aromatic nitrogens is 1. The van der Waals surface area contributed by atoms with Crippen LogP contribution < -0.4 is 4.74 Å². The second-order valence-electron chi connectivity index (χ2n) is 4.09. The fourth-order valence-corrected chi connectivity index (χ4v) is 3.57. The number of thiophene rings is 1. The van der Waals surface area contributed by atoms with Crippen LogP contribution in [0.3, 0.4) is 0 Å². The van der Waals surface area contributed by atoms with Gasteiger partial charge in [0.05, 0.1) is 22.6 Å². The molecule has 0 saturated carbocycles. The van der Waals surface area contributed by atoms with Crippen molar-refractivity contribution in [3.05, 3.63) is 35.7 Å². The van der Waals surface area contributed by atoms with Gasteiger partial charge in [-0.2, -0.15) is 0 Å². The normalized spacial score (nSPS) is 10.8. The Kier molecular flexibility index (Phi) is 3.66. The number of hydrogen-bond donors (Lipinski definition) is 1. The number of benzene rings is 1. The Hall–Kier alpha value is -1.92. The van der Waals surface area contributed by atoms with Gasteiger partial charge in [-0.3, -0.25) is 4.79 Å². The summed E-state index contributed by atoms with van der Waals surface area (Å²) in [6.07, 6.45) is -0.0156. The number of fused-ring (bicyclic) bond motifs is 1. The number of thiazole rings is 1. The number of carbonyl (C=O) groups is 1. The molecule has 0 fully saturated rings. The number of para-hydroxylation sites is 1. The van der Waals surface area contributed by atoms with E-state index >= 15 is 0 Å². The maximum Gasteiger partial charge on any atom is 0.306 e. The molecule has 2 heterocycles. The van der Waals surface area contributed by atoms with E-state index in [2.05, 4.69) is 4.98 Å². The van der Waals surface area contributed by atoms with Gasteiger partial charge in [0, 0.05) is 0 Å². The van der Waals surface area contributed by atoms with Gasteiger partial charge < -0.3 is 9.84 Å². The second kappa shape index (κ2) is 5.60. The van der Waals surface area contributed by atoms with Crippen molar-refractivity contribution < 1.29 is 14.6 Å². The lowest BCUT2D eigenvalue weighted by Gasteiger charge is -2.04. The Bertz CT molecular complexity index is 734. The molecule has 0 bridgehead atoms. The molecule has 2 aromatic heterocycles. The van der Waals surface area contributed by atoms with Crippen LogP contribution in [0.4, 0.5) is 0 Å². The van der Waals surface area contributed by atoms with E-state index in [1.165, 1.54) is 0 Å². The zero-order valence-corrected chi connectivity index (χ0v) is 12.0. The summed E-state index contributed by atoms with van der Waals surface area (Å²) in [7, 11) is 0. The molecule has 0 spiro atoms. The van der Waals surface area contributed by atoms with Crippen molar-refractivity contribution in [2.75, 3.05) is 6.61 Å². The van der Waals surface area contributed by atoms with Gasteiger partial charge in [-0.1, -0.05) is 12.1 Å². The van der Waals surface area contributed by atoms with E-state index in [1.807, 2.05) is 35.7 Å². The molecule has 0 aliphatic rings. The Morgan fingerprint density at radius 1 is 1.30 bits per heavy atom. The highest BCUT2D eigenvalue weighted by Crippen LogP contribution is 2.36. The first kappa shape index (κ1) is 13.1. The molecular weight excluding hydrogens is 294 g/mol. The van der Waals surface area contributed by atoms with Gasteiger partial charge in [0.1, 0.15) is 16.3 Å². The SMILES string of the molecule is O=C(O)CCOc1cccc2sc(-c3cccs3)nc12. The Labute approximate surface area is 123 Å². The highest BCUT2D eigenvalue weighted by molar-refractivity contribution is 7.25. The third-order valence-electron chi connectivity index (χ3n) is 2.69. The van der Waals surface area contributed by atoms with Crippen molar-refractivity contribution in [2.45, 2.75) is 6.42 Å². The molecule has 0 unspecified atom stereocenters. The number of aliphatic carboxylic acids is 1. The molecule has 0 radical (unpaired) electrons. The van der Waals surface area contributed by atoms with Crippen LogP contribution in [-0.4, -0.2) is 22.7 Å². The van der Waals surface area contributed by atoms with E-state index in [1.54, 1.807) is 22.7 Å². The molecule has 0 aliphatic heterocycles. The maximum atomic E-state index is 10.5. The number of hydrogen-bond acceptors (Lipinski definition) is 5. The number of nitrogens with zero attached hydrogens (tertiary/aromatic N) is 1. The van der Waals surface area contributed by atoms with Crippen LogP contribution in [0.2, 0.25) is 0 Å². The first-order valence-electron chi connectivity index (χ1n) is 6.02. The molecular formula is C14H11NO3S2. The predicted molar refractivity (Wildman–Crippen MR) is 80.7 cm³/mol. The van der Waals surface area contributed by atoms with E-state index in [0.29, 0.717) is 5.75 Å². The van der Waals surface area contributed by atoms with Gasteiger partial charge in [-0.15, -0.1) is 22.7 Å². The Morgan fingerprint density at radius 2 is 2.20 bits per heavy atom. The van der Waals surface area contributed by atoms with Gasteiger partial charge in [-0.25, -0.2) is 4.98 Å². The zero-order chi connectivity index (χ0) is 13.9. The van der Waals surface area contributed by atoms with Crippen LogP contribution in [0, 0.1) is 0 Å². The van der Waals surface area contributed by atoms with Crippen LogP contribution in [0.1, 0.15) is 6.42 Å². The monoisotopic (exact) mass is 305 g/mol. The van der Waals surface area contributed by atoms with E-state index in [0.717, 1.165) is 20.1 Å². The molecule has 0 aliphatic carbocycles. The van der Waals surface area contributed by atoms with Crippen molar-refractivity contribution in [2.24, 2.45) is 0 Å². The topological polar surface area (TPSA) is 59.4 Å². The molecule has 1 aromatic carbocycles. The lowest BCUT2D eigenvalue weighted by molar-refractivity contribution is -0.137. The van der Waals surface area contributed by atoms with Crippen LogP contribution in [0.5, 0.6) is 5.75 Å². The molecule has 3 aromatic rings. The Balaban J connectivity index is 1.91. The number of carboxylic acids is 1. The lowest BCUT2D eigenvalue weighted by atomic mass is 10.3. The van der Waals surface area contributed by atoms with E-state index in [4.69, 9.17) is 9.84 Å². The molecule has 0 saturated heterocycles. The standard InChI is InChI=1S/C14H11NO3S2/c16-12(17)6-7-18-9-3-1-4-10-13(9)15-14(20-10)11-5-2-8-19-11/h1-5,8H,6-7H2,(H,16,17). The quantitative estimate of drug-likeness (QED) is 0.777. The van der Waals surface area contributed by atoms with E-state index in [-0.39, 0.29) is 13.0 Å². The van der Waals surface area contributed by atoms with Crippen molar-refractivity contribution in [1.29, 1.82) is 0 Å². The van der Waals surface area contributed by atoms with E-state index in [9.17, 15) is 4.79 Å². The second-order valence-corrected chi connectivity index (χ2v) is 6.07. The highest BCUT2D eigenvalue weighted by Gasteiger charge is 2.11. The molecule has 0 atom stereocenters. The van der Waals surface area contributed by atoms with Crippen LogP contribution in [-0.2, 0) is 4.79 Å². The lowest BCUT2D eigenvalue weighted by Crippen LogP contribution is -2.04. The summed E-state index contributed by atoms with van der Waals surface area (Å²) in [4.78, 5) is 16.3. The first-order valence-corrected chi connectivity index (χ1v) is 7.71. The van der Waals surface area contributed by atoms with Crippen molar-refractivity contribution in [3.8, 4) is 15.6 Å². The fourth-order valence-electron chi connectivity index (χ4n) is 1.79. The number of ether oxygens (including phenoxy) is 1. The number of rotatable bonds is 5. The van der Waals surface area contributed by atoms with Gasteiger partial charge in [0.2, 0.25) is 0 Å². The average Bonchev–Trinajstić information content (AvgIpc) is 3.07. The van der Waals surface area contributed by atoms with Crippen LogP contribution >= 0.6 is 22.7 Å². The minimum atomic E-state index is -0.866. The van der Waals surface area contributed by atoms with Crippen molar-refractivity contribution >= 4 is 38.9 Å². The fraction of sp³-hybridized carbons (Fsp3) is 0.143. The molecule has 6 heteroatoms. The summed E-state index contributed by atoms with van der Waals surface area (Å²) in [5, 5.41) is 11.6. The first-order chi connectivity index (χ1) is 9.74. The molecule has 1 N–H and O–H groups in total. The summed E-state index contributed by atoms with van der Waals surface area (Å²) in [6.45, 7) is 0.153. The molecule has 20 heavy (non-hydrogen) atoms. The third-order valence-corrected chi connectivity index (χ3v) is 4.75. The van der Waals surface area contributed by atoms with Gasteiger partial charge >= 0.3 is 5.97 Å². The van der Waals surface area contributed by atoms with Crippen LogP contribution in [0.25, 0.3) is 20.1 Å². The average molecular weight is 305 g/mol. The zero-order valence-electron chi connectivity index (χ0n) is 10.4. The van der Waals surface area contributed by atoms with Gasteiger partial charge in [0.25, 0.3) is 0 Å². The molecule has 4 nitrogen and oxygen atoms in total. The minimum Gasteiger partial charge on any atom is -0.491 e. The largest absolute Gasteiger partial charge is 0.491 e. The maximum absolute atomic E-state index is 10.5. The summed E-state index contributed by atoms with van der Waals surface area (Å²) >= 11 is 3.26. The van der Waals surface area contributed by atoms with Gasteiger partial charge in [-0.05, 0) is 23.6 Å². The summed E-state index contributed by atoms with van der Waals surface area (Å²) in [6, 6.07) is 9.74. The molecule has 3 rings (SSSR count). The summed E-state index contributed by atoms with van der Waals surface area (Å²) < 4.78 is 6.57. The molecule has 0 amide bonds. The third kappa shape index (κ3) is 2.66. The predicted octanol–water partition coefficient (Wildman–Crippen LogP) is 3.88. The smallest absolute Gasteiger partial charge is 0.306 e. The van der Waals surface area contributed by atoms with Gasteiger partial charge in [0.15, 0.2) is 0 Å². The Morgan fingerprint density at radius 3 is 2.95 bits per heavy atom. The summed E-state index contributed by atoms with van der Waals surface area (Å²) in [5.74, 6) is -0.225. The number of carboxylic acid groups (broad SMARTS) is 1. The van der Waals surface area contributed by atoms with Crippen molar-refractivity contribution in [1.82, 2.24) is 4.98 Å². The minimum absolute atomic E-state index is 0.0156. The highest BCUT2D eigenvalue weighted by atomic mass is 32.1. The van der Waals surface area contributed by atoms with Crippen molar-refractivity contribution in [3.63, 3.8) is 0 Å². The molecule has 102 valence electrons. The summed E-state index contributed by atoms with van der Waals surface area (Å²) in [5.41, 5.74) is 0.797. The van der Waals surface area contributed by atoms with E-state index < -0.39 is 5.97 Å².